The molecule has 4 saturated carbocycles. The first-order chi connectivity index (χ1) is 9.74. The molecule has 1 unspecified atom stereocenters. The normalized spacial score (nSPS) is 44.5. The third kappa shape index (κ3) is 2.72. The molecule has 21 heavy (non-hydrogen) atoms. The molecule has 0 aromatic heterocycles. The summed E-state index contributed by atoms with van der Waals surface area (Å²) in [5.74, 6) is 4.29. The van der Waals surface area contributed by atoms with Crippen LogP contribution in [0.25, 0.3) is 0 Å². The predicted molar refractivity (Wildman–Crippen MR) is 86.4 cm³/mol. The van der Waals surface area contributed by atoms with Gasteiger partial charge in [-0.05, 0) is 75.7 Å². The molecule has 1 N–H and O–H groups in total. The molecule has 4 bridgehead atoms. The average Bonchev–Trinajstić information content (AvgIpc) is 2.46. The lowest BCUT2D eigenvalue weighted by Gasteiger charge is -2.54. The van der Waals surface area contributed by atoms with Crippen LogP contribution in [0, 0.1) is 29.6 Å². The molecule has 3 nitrogen and oxygen atoms in total. The molecular formula is C17H29ClN2O. The van der Waals surface area contributed by atoms with Gasteiger partial charge in [0.1, 0.15) is 0 Å². The number of carbonyl (C=O) groups excluding carboxylic acids is 1. The number of halogens is 1. The Kier molecular flexibility index (Phi) is 4.52. The maximum Gasteiger partial charge on any atom is 0.226 e. The van der Waals surface area contributed by atoms with E-state index in [1.54, 1.807) is 0 Å². The van der Waals surface area contributed by atoms with Gasteiger partial charge in [0.15, 0.2) is 0 Å². The third-order valence-electron chi connectivity index (χ3n) is 6.65. The van der Waals surface area contributed by atoms with Crippen LogP contribution in [-0.2, 0) is 4.79 Å². The zero-order valence-corrected chi connectivity index (χ0v) is 13.9. The molecule has 5 rings (SSSR count). The molecular weight excluding hydrogens is 284 g/mol. The van der Waals surface area contributed by atoms with E-state index in [4.69, 9.17) is 0 Å². The molecule has 1 aliphatic heterocycles. The van der Waals surface area contributed by atoms with Gasteiger partial charge in [0.2, 0.25) is 5.91 Å². The average molecular weight is 313 g/mol. The summed E-state index contributed by atoms with van der Waals surface area (Å²) >= 11 is 0. The van der Waals surface area contributed by atoms with Crippen LogP contribution in [0.5, 0.6) is 0 Å². The van der Waals surface area contributed by atoms with E-state index < -0.39 is 0 Å². The lowest BCUT2D eigenvalue weighted by molar-refractivity contribution is -0.150. The summed E-state index contributed by atoms with van der Waals surface area (Å²) in [5, 5.41) is 3.36. The van der Waals surface area contributed by atoms with Crippen LogP contribution in [0.4, 0.5) is 0 Å². The van der Waals surface area contributed by atoms with Crippen LogP contribution in [0.1, 0.15) is 44.9 Å². The number of carbonyl (C=O) groups is 1. The molecule has 0 radical (unpaired) electrons. The quantitative estimate of drug-likeness (QED) is 0.850. The molecule has 0 aromatic carbocycles. The minimum absolute atomic E-state index is 0. The Hall–Kier alpha value is -0.280. The van der Waals surface area contributed by atoms with Crippen molar-refractivity contribution in [3.8, 4) is 0 Å². The summed E-state index contributed by atoms with van der Waals surface area (Å²) in [5.41, 5.74) is 0. The predicted octanol–water partition coefficient (Wildman–Crippen LogP) is 2.69. The zero-order valence-electron chi connectivity index (χ0n) is 13.1. The molecule has 5 fully saturated rings. The number of hydrogen-bond acceptors (Lipinski definition) is 2. The molecule has 5 aliphatic rings. The maximum absolute atomic E-state index is 13.0. The highest BCUT2D eigenvalue weighted by molar-refractivity contribution is 5.85. The first-order valence-electron chi connectivity index (χ1n) is 8.70. The molecule has 4 aliphatic carbocycles. The Morgan fingerprint density at radius 1 is 1.05 bits per heavy atom. The number of likely N-dealkylation sites (N-methyl/N-ethyl adjacent to an activating group) is 1. The number of piperidine rings is 1. The van der Waals surface area contributed by atoms with Gasteiger partial charge in [-0.25, -0.2) is 0 Å². The fraction of sp³-hybridized carbons (Fsp3) is 0.941. The van der Waals surface area contributed by atoms with Gasteiger partial charge in [-0.1, -0.05) is 0 Å². The van der Waals surface area contributed by atoms with Gasteiger partial charge in [-0.3, -0.25) is 4.79 Å². The van der Waals surface area contributed by atoms with Gasteiger partial charge >= 0.3 is 0 Å². The minimum Gasteiger partial charge on any atom is -0.341 e. The summed E-state index contributed by atoms with van der Waals surface area (Å²) in [4.78, 5) is 15.2. The molecule has 1 heterocycles. The molecule has 1 atom stereocenters. The van der Waals surface area contributed by atoms with E-state index in [-0.39, 0.29) is 12.4 Å². The van der Waals surface area contributed by atoms with Crippen LogP contribution in [0.2, 0.25) is 0 Å². The van der Waals surface area contributed by atoms with E-state index in [1.807, 2.05) is 7.05 Å². The highest BCUT2D eigenvalue weighted by Gasteiger charge is 2.51. The second-order valence-electron chi connectivity index (χ2n) is 7.87. The highest BCUT2D eigenvalue weighted by Crippen LogP contribution is 2.56. The molecule has 0 aromatic rings. The first kappa shape index (κ1) is 15.6. The van der Waals surface area contributed by atoms with E-state index in [0.29, 0.717) is 17.9 Å². The lowest BCUT2D eigenvalue weighted by atomic mass is 9.51. The number of nitrogens with zero attached hydrogens (tertiary/aromatic N) is 1. The van der Waals surface area contributed by atoms with Crippen molar-refractivity contribution in [2.24, 2.45) is 29.6 Å². The van der Waals surface area contributed by atoms with Gasteiger partial charge in [0, 0.05) is 25.0 Å². The summed E-state index contributed by atoms with van der Waals surface area (Å²) in [6.45, 7) is 1.94. The van der Waals surface area contributed by atoms with Crippen molar-refractivity contribution in [1.29, 1.82) is 0 Å². The molecule has 120 valence electrons. The minimum atomic E-state index is 0. The topological polar surface area (TPSA) is 32.3 Å². The number of amides is 1. The van der Waals surface area contributed by atoms with E-state index in [0.717, 1.165) is 36.8 Å². The van der Waals surface area contributed by atoms with E-state index in [9.17, 15) is 4.79 Å². The van der Waals surface area contributed by atoms with E-state index >= 15 is 0 Å². The van der Waals surface area contributed by atoms with Crippen LogP contribution < -0.4 is 5.32 Å². The highest BCUT2D eigenvalue weighted by atomic mass is 35.5. The van der Waals surface area contributed by atoms with Crippen molar-refractivity contribution >= 4 is 18.3 Å². The molecule has 4 heteroatoms. The Bertz CT molecular complexity index is 372. The second-order valence-corrected chi connectivity index (χ2v) is 7.87. The van der Waals surface area contributed by atoms with Crippen molar-refractivity contribution in [3.05, 3.63) is 0 Å². The lowest BCUT2D eigenvalue weighted by Crippen LogP contribution is -2.55. The molecule has 1 saturated heterocycles. The van der Waals surface area contributed by atoms with Crippen LogP contribution in [0.3, 0.4) is 0 Å². The fourth-order valence-corrected chi connectivity index (χ4v) is 5.95. The number of nitrogens with one attached hydrogen (secondary N) is 1. The van der Waals surface area contributed by atoms with Crippen molar-refractivity contribution in [2.75, 3.05) is 20.1 Å². The van der Waals surface area contributed by atoms with Crippen LogP contribution in [-0.4, -0.2) is 37.0 Å². The largest absolute Gasteiger partial charge is 0.341 e. The van der Waals surface area contributed by atoms with Gasteiger partial charge < -0.3 is 10.2 Å². The Morgan fingerprint density at radius 2 is 1.67 bits per heavy atom. The Labute approximate surface area is 134 Å². The van der Waals surface area contributed by atoms with Crippen molar-refractivity contribution < 1.29 is 4.79 Å². The van der Waals surface area contributed by atoms with Gasteiger partial charge in [-0.2, -0.15) is 0 Å². The summed E-state index contributed by atoms with van der Waals surface area (Å²) < 4.78 is 0. The Balaban J connectivity index is 0.00000132. The third-order valence-corrected chi connectivity index (χ3v) is 6.65. The maximum atomic E-state index is 13.0. The standard InChI is InChI=1S/C17H28N2O.ClH/c1-18-15-3-2-4-19(10-15)17(20)16-13-6-11-5-12(8-13)9-14(16)7-11;/h11-16,18H,2-10H2,1H3;1H. The van der Waals surface area contributed by atoms with Crippen LogP contribution >= 0.6 is 12.4 Å². The zero-order chi connectivity index (χ0) is 13.7. The van der Waals surface area contributed by atoms with Crippen molar-refractivity contribution in [3.63, 3.8) is 0 Å². The number of rotatable bonds is 2. The second kappa shape index (κ2) is 6.08. The van der Waals surface area contributed by atoms with Gasteiger partial charge in [0.05, 0.1) is 0 Å². The SMILES string of the molecule is CNC1CCCN(C(=O)C2C3CC4CC(C3)CC2C4)C1.Cl. The summed E-state index contributed by atoms with van der Waals surface area (Å²) in [7, 11) is 2.03. The first-order valence-corrected chi connectivity index (χ1v) is 8.70. The molecule has 1 amide bonds. The van der Waals surface area contributed by atoms with Crippen molar-refractivity contribution in [2.45, 2.75) is 51.0 Å². The van der Waals surface area contributed by atoms with E-state index in [1.165, 1.54) is 44.9 Å². The Morgan fingerprint density at radius 3 is 2.24 bits per heavy atom. The summed E-state index contributed by atoms with van der Waals surface area (Å²) in [6, 6.07) is 0.518. The number of likely N-dealkylation sites (tertiary alicyclic amines) is 1. The van der Waals surface area contributed by atoms with E-state index in [2.05, 4.69) is 10.2 Å². The van der Waals surface area contributed by atoms with Gasteiger partial charge in [0.25, 0.3) is 0 Å². The van der Waals surface area contributed by atoms with Crippen LogP contribution in [0.15, 0.2) is 0 Å². The smallest absolute Gasteiger partial charge is 0.226 e. The van der Waals surface area contributed by atoms with Crippen molar-refractivity contribution in [1.82, 2.24) is 10.2 Å². The number of hydrogen-bond donors (Lipinski definition) is 1. The van der Waals surface area contributed by atoms with Gasteiger partial charge in [-0.15, -0.1) is 12.4 Å². The monoisotopic (exact) mass is 312 g/mol. The fourth-order valence-electron chi connectivity index (χ4n) is 5.95. The molecule has 0 spiro atoms. The summed E-state index contributed by atoms with van der Waals surface area (Å²) in [6.07, 6.45) is 9.28.